The third-order valence-electron chi connectivity index (χ3n) is 13.2. The first-order valence-electron chi connectivity index (χ1n) is 22.3. The molecule has 3 aromatic heterocycles. The highest BCUT2D eigenvalue weighted by Crippen LogP contribution is 2.51. The van der Waals surface area contributed by atoms with Gasteiger partial charge in [0.25, 0.3) is 0 Å². The molecule has 0 amide bonds. The summed E-state index contributed by atoms with van der Waals surface area (Å²) in [7, 11) is 0.558. The highest BCUT2D eigenvalue weighted by atomic mass is 16.3. The van der Waals surface area contributed by atoms with Crippen LogP contribution in [-0.2, 0) is 10.8 Å². The summed E-state index contributed by atoms with van der Waals surface area (Å²) in [6, 6.07) is 58.5. The van der Waals surface area contributed by atoms with E-state index in [2.05, 4.69) is 209 Å². The molecule has 5 nitrogen and oxygen atoms in total. The van der Waals surface area contributed by atoms with Gasteiger partial charge in [0.15, 0.2) is 0 Å². The van der Waals surface area contributed by atoms with Gasteiger partial charge in [-0.05, 0) is 99.7 Å². The van der Waals surface area contributed by atoms with Crippen LogP contribution in [-0.4, -0.2) is 7.28 Å². The van der Waals surface area contributed by atoms with E-state index < -0.39 is 0 Å². The lowest BCUT2D eigenvalue weighted by atomic mass is 9.61. The summed E-state index contributed by atoms with van der Waals surface area (Å²) in [6.07, 6.45) is 0. The minimum Gasteiger partial charge on any atom is -0.469 e. The van der Waals surface area contributed by atoms with Crippen molar-refractivity contribution in [2.24, 2.45) is 0 Å². The molecule has 0 aliphatic carbocycles. The first-order valence-corrected chi connectivity index (χ1v) is 22.3. The van der Waals surface area contributed by atoms with Crippen molar-refractivity contribution in [1.29, 1.82) is 0 Å². The second-order valence-electron chi connectivity index (χ2n) is 19.4. The summed E-state index contributed by atoms with van der Waals surface area (Å²) in [5, 5.41) is 9.24. The Hall–Kier alpha value is -7.44. The van der Waals surface area contributed by atoms with E-state index in [4.69, 9.17) is 13.3 Å². The van der Waals surface area contributed by atoms with Crippen LogP contribution in [0.25, 0.3) is 77.1 Å². The highest BCUT2D eigenvalue weighted by molar-refractivity contribution is 6.73. The number of anilines is 5. The maximum absolute atomic E-state index is 7.08. The van der Waals surface area contributed by atoms with Crippen molar-refractivity contribution in [2.75, 3.05) is 10.2 Å². The predicted molar refractivity (Wildman–Crippen MR) is 270 cm³/mol. The van der Waals surface area contributed by atoms with E-state index >= 15 is 0 Å². The third-order valence-corrected chi connectivity index (χ3v) is 13.2. The van der Waals surface area contributed by atoms with E-state index in [1.54, 1.807) is 0 Å². The second-order valence-corrected chi connectivity index (χ2v) is 19.4. The zero-order valence-corrected chi connectivity index (χ0v) is 37.0. The minimum absolute atomic E-state index is 0.0231. The average Bonchev–Trinajstić information content (AvgIpc) is 3.99. The Morgan fingerprint density at radius 1 is 0.484 bits per heavy atom. The molecule has 12 rings (SSSR count). The topological polar surface area (TPSA) is 54.7 Å². The molecule has 4 heterocycles. The number of furan rings is 3. The molecule has 1 aliphatic rings. The fourth-order valence-electron chi connectivity index (χ4n) is 9.92. The largest absolute Gasteiger partial charge is 0.469 e. The molecule has 0 unspecified atom stereocenters. The molecule has 6 heteroatoms. The normalized spacial score (nSPS) is 12.9. The van der Waals surface area contributed by atoms with Gasteiger partial charge in [0.05, 0.1) is 28.1 Å². The summed E-state index contributed by atoms with van der Waals surface area (Å²) in [6.45, 7) is 13.6. The monoisotopic (exact) mass is 830 g/mol. The molecule has 0 radical (unpaired) electrons. The summed E-state index contributed by atoms with van der Waals surface area (Å²) in [5.74, 6) is 0. The molecule has 0 spiro atoms. The van der Waals surface area contributed by atoms with E-state index in [9.17, 15) is 0 Å². The van der Waals surface area contributed by atoms with Gasteiger partial charge in [-0.2, -0.15) is 0 Å². The van der Waals surface area contributed by atoms with Gasteiger partial charge in [-0.15, -0.1) is 0 Å². The number of fused-ring (bicyclic) bond motifs is 10. The van der Waals surface area contributed by atoms with Gasteiger partial charge in [0.1, 0.15) is 27.9 Å². The summed E-state index contributed by atoms with van der Waals surface area (Å²) < 4.78 is 20.6. The zero-order chi connectivity index (χ0) is 43.5. The van der Waals surface area contributed by atoms with Gasteiger partial charge in [-0.25, -0.2) is 0 Å². The summed E-state index contributed by atoms with van der Waals surface area (Å²) in [4.78, 5) is 2.48. The maximum atomic E-state index is 7.08. The number of hydrogen-bond acceptors (Lipinski definition) is 5. The smallest absolute Gasteiger partial charge is 0.245 e. The quantitative estimate of drug-likeness (QED) is 0.175. The number of hydrogen-bond donors (Lipinski definition) is 1. The van der Waals surface area contributed by atoms with Crippen LogP contribution in [0.3, 0.4) is 0 Å². The van der Waals surface area contributed by atoms with Crippen molar-refractivity contribution in [2.45, 2.75) is 52.4 Å². The van der Waals surface area contributed by atoms with Crippen LogP contribution in [0.15, 0.2) is 177 Å². The van der Waals surface area contributed by atoms with Crippen molar-refractivity contribution < 1.29 is 13.3 Å². The lowest BCUT2D eigenvalue weighted by molar-refractivity contribution is 0.590. The van der Waals surface area contributed by atoms with Crippen molar-refractivity contribution in [1.82, 2.24) is 0 Å². The Balaban J connectivity index is 1.21. The minimum atomic E-state index is -0.0588. The first kappa shape index (κ1) is 38.3. The Labute approximate surface area is 373 Å². The molecule has 1 aliphatic heterocycles. The van der Waals surface area contributed by atoms with Gasteiger partial charge in [0, 0.05) is 49.6 Å². The van der Waals surface area contributed by atoms with Crippen molar-refractivity contribution in [3.05, 3.63) is 175 Å². The standard InChI is InChI=1S/C58H47BN2O3/c1-57(2,3)35-24-27-37(28-25-35)60-53-41(29-31-49-50(53)39-19-11-14-22-47(39)62-49)51-52-45(33-43-38-18-10-13-21-46(38)63-55(43)51)61(54-40-20-12-15-23-48(40)64-56(54)59-52)44-30-26-36(58(4,5)6)32-42(44)34-16-8-7-9-17-34/h7-33,59-60H,1-6H3. The van der Waals surface area contributed by atoms with E-state index in [-0.39, 0.29) is 10.8 Å². The summed E-state index contributed by atoms with van der Waals surface area (Å²) in [5.41, 5.74) is 18.3. The predicted octanol–water partition coefficient (Wildman–Crippen LogP) is 15.1. The summed E-state index contributed by atoms with van der Waals surface area (Å²) >= 11 is 0. The van der Waals surface area contributed by atoms with E-state index in [0.717, 1.165) is 117 Å². The third kappa shape index (κ3) is 6.00. The lowest BCUT2D eigenvalue weighted by Crippen LogP contribution is -2.40. The molecule has 11 aromatic rings. The molecular formula is C58H47BN2O3. The molecular weight excluding hydrogens is 783 g/mol. The van der Waals surface area contributed by atoms with Crippen LogP contribution < -0.4 is 21.3 Å². The van der Waals surface area contributed by atoms with E-state index in [0.29, 0.717) is 7.28 Å². The van der Waals surface area contributed by atoms with Gasteiger partial charge in [-0.1, -0.05) is 139 Å². The van der Waals surface area contributed by atoms with Crippen LogP contribution in [0.2, 0.25) is 0 Å². The molecule has 0 atom stereocenters. The van der Waals surface area contributed by atoms with Crippen molar-refractivity contribution >= 4 is 102 Å². The number of para-hydroxylation sites is 3. The Morgan fingerprint density at radius 3 is 1.83 bits per heavy atom. The van der Waals surface area contributed by atoms with Crippen LogP contribution in [0.4, 0.5) is 28.4 Å². The van der Waals surface area contributed by atoms with E-state index in [1.807, 2.05) is 6.07 Å². The molecule has 0 saturated carbocycles. The number of rotatable bonds is 5. The van der Waals surface area contributed by atoms with Crippen LogP contribution in [0.1, 0.15) is 52.7 Å². The number of nitrogens with one attached hydrogen (secondary N) is 1. The molecule has 64 heavy (non-hydrogen) atoms. The van der Waals surface area contributed by atoms with Crippen molar-refractivity contribution in [3.63, 3.8) is 0 Å². The second kappa shape index (κ2) is 14.0. The molecule has 0 saturated heterocycles. The zero-order valence-electron chi connectivity index (χ0n) is 37.0. The molecule has 1 N–H and O–H groups in total. The average molecular weight is 831 g/mol. The van der Waals surface area contributed by atoms with Gasteiger partial charge in [-0.3, -0.25) is 0 Å². The SMILES string of the molecule is CC(C)(C)c1ccc(Nc2c(-c3c4c(cc5c3oc3ccccc35)N(c3ccc(C(C)(C)C)cc3-c3ccccc3)c3c(oc5ccccc35)B4)ccc3oc4ccccc4c23)cc1. The van der Waals surface area contributed by atoms with Crippen LogP contribution >= 0.6 is 0 Å². The van der Waals surface area contributed by atoms with Crippen LogP contribution in [0.5, 0.6) is 0 Å². The van der Waals surface area contributed by atoms with E-state index in [1.165, 1.54) is 11.1 Å². The molecule has 0 fully saturated rings. The highest BCUT2D eigenvalue weighted by Gasteiger charge is 2.36. The van der Waals surface area contributed by atoms with Gasteiger partial charge >= 0.3 is 0 Å². The first-order chi connectivity index (χ1) is 31.0. The Kier molecular flexibility index (Phi) is 8.39. The number of benzene rings is 8. The van der Waals surface area contributed by atoms with Crippen LogP contribution in [0, 0.1) is 0 Å². The van der Waals surface area contributed by atoms with Gasteiger partial charge < -0.3 is 23.5 Å². The Morgan fingerprint density at radius 2 is 1.11 bits per heavy atom. The fraction of sp³-hybridized carbons (Fsp3) is 0.138. The van der Waals surface area contributed by atoms with Gasteiger partial charge in [0.2, 0.25) is 7.28 Å². The Bertz CT molecular complexity index is 3640. The fourth-order valence-corrected chi connectivity index (χ4v) is 9.92. The number of nitrogens with zero attached hydrogens (tertiary/aromatic N) is 1. The molecule has 0 bridgehead atoms. The molecule has 8 aromatic carbocycles. The lowest BCUT2D eigenvalue weighted by Gasteiger charge is -2.35. The maximum Gasteiger partial charge on any atom is 0.245 e. The molecule has 310 valence electrons. The van der Waals surface area contributed by atoms with Crippen molar-refractivity contribution in [3.8, 4) is 22.3 Å².